The summed E-state index contributed by atoms with van der Waals surface area (Å²) < 4.78 is 14.3. The van der Waals surface area contributed by atoms with Gasteiger partial charge in [-0.2, -0.15) is 5.10 Å². The van der Waals surface area contributed by atoms with Gasteiger partial charge in [0.2, 0.25) is 0 Å². The fourth-order valence-electron chi connectivity index (χ4n) is 2.93. The molecule has 132 valence electrons. The minimum absolute atomic E-state index is 0.0445. The molecule has 0 radical (unpaired) electrons. The minimum Gasteiger partial charge on any atom is -0.375 e. The van der Waals surface area contributed by atoms with E-state index in [1.54, 1.807) is 11.7 Å². The monoisotopic (exact) mass is 352 g/mol. The Balaban J connectivity index is 1.87. The first-order valence-corrected chi connectivity index (χ1v) is 9.19. The Labute approximate surface area is 145 Å². The molecule has 0 amide bonds. The third-order valence-electron chi connectivity index (χ3n) is 4.49. The van der Waals surface area contributed by atoms with Gasteiger partial charge in [0.1, 0.15) is 17.2 Å². The lowest BCUT2D eigenvalue weighted by molar-refractivity contribution is 0.0836. The van der Waals surface area contributed by atoms with Crippen molar-refractivity contribution in [1.29, 1.82) is 0 Å². The molecule has 1 saturated heterocycles. The molecule has 3 heterocycles. The first kappa shape index (κ1) is 17.3. The highest BCUT2D eigenvalue weighted by atomic mass is 32.1. The van der Waals surface area contributed by atoms with Crippen molar-refractivity contribution in [2.45, 2.75) is 52.5 Å². The fourth-order valence-corrected chi connectivity index (χ4v) is 3.77. The van der Waals surface area contributed by atoms with Crippen LogP contribution in [0.4, 0.5) is 0 Å². The maximum atomic E-state index is 12.6. The molecule has 7 nitrogen and oxygen atoms in total. The van der Waals surface area contributed by atoms with Gasteiger partial charge in [-0.1, -0.05) is 6.92 Å². The van der Waals surface area contributed by atoms with Crippen LogP contribution in [0.2, 0.25) is 0 Å². The molecule has 1 aliphatic rings. The van der Waals surface area contributed by atoms with E-state index in [2.05, 4.69) is 17.0 Å². The topological polar surface area (TPSA) is 71.2 Å². The van der Waals surface area contributed by atoms with Crippen LogP contribution >= 0.6 is 11.3 Å². The van der Waals surface area contributed by atoms with Crippen LogP contribution in [0, 0.1) is 5.92 Å². The van der Waals surface area contributed by atoms with Crippen LogP contribution in [-0.2, 0) is 22.6 Å². The molecule has 1 aliphatic heterocycles. The van der Waals surface area contributed by atoms with Crippen LogP contribution in [0.1, 0.15) is 55.9 Å². The van der Waals surface area contributed by atoms with Crippen molar-refractivity contribution >= 4 is 11.3 Å². The zero-order valence-electron chi connectivity index (χ0n) is 14.6. The van der Waals surface area contributed by atoms with Gasteiger partial charge in [-0.25, -0.2) is 14.5 Å². The molecule has 2 aromatic rings. The summed E-state index contributed by atoms with van der Waals surface area (Å²) in [4.78, 5) is 17.2. The van der Waals surface area contributed by atoms with Crippen LogP contribution in [0.15, 0.2) is 10.2 Å². The Morgan fingerprint density at radius 1 is 1.54 bits per heavy atom. The second kappa shape index (κ2) is 7.16. The molecule has 2 aromatic heterocycles. The van der Waals surface area contributed by atoms with E-state index in [0.717, 1.165) is 29.6 Å². The molecular weight excluding hydrogens is 328 g/mol. The molecular formula is C16H24N4O3S. The molecule has 3 atom stereocenters. The van der Waals surface area contributed by atoms with Gasteiger partial charge in [0.25, 0.3) is 0 Å². The largest absolute Gasteiger partial charge is 0.375 e. The van der Waals surface area contributed by atoms with Crippen LogP contribution in [0.3, 0.4) is 0 Å². The highest BCUT2D eigenvalue weighted by Gasteiger charge is 2.31. The quantitative estimate of drug-likeness (QED) is 0.798. The molecule has 8 heteroatoms. The molecule has 0 spiro atoms. The van der Waals surface area contributed by atoms with Gasteiger partial charge in [-0.05, 0) is 26.2 Å². The highest BCUT2D eigenvalue weighted by Crippen LogP contribution is 2.32. The number of ether oxygens (including phenoxy) is 2. The van der Waals surface area contributed by atoms with Crippen LogP contribution < -0.4 is 5.69 Å². The molecule has 0 N–H and O–H groups in total. The summed E-state index contributed by atoms with van der Waals surface area (Å²) in [5.74, 6) is 1.10. The van der Waals surface area contributed by atoms with E-state index < -0.39 is 0 Å². The maximum Gasteiger partial charge on any atom is 0.346 e. The SMILES string of the molecule is CCn1c([C@H]2OCC[C@H]2C)nn(Cc2csc([C@H](C)OC)n2)c1=O. The van der Waals surface area contributed by atoms with Gasteiger partial charge in [-0.3, -0.25) is 4.57 Å². The first-order valence-electron chi connectivity index (χ1n) is 8.31. The van der Waals surface area contributed by atoms with E-state index in [1.165, 1.54) is 16.0 Å². The number of rotatable bonds is 6. The van der Waals surface area contributed by atoms with Gasteiger partial charge in [0.05, 0.1) is 12.2 Å². The van der Waals surface area contributed by atoms with Crippen molar-refractivity contribution in [3.8, 4) is 0 Å². The van der Waals surface area contributed by atoms with Crippen LogP contribution in [-0.4, -0.2) is 33.0 Å². The van der Waals surface area contributed by atoms with Crippen molar-refractivity contribution in [3.05, 3.63) is 32.4 Å². The normalized spacial score (nSPS) is 22.2. The molecule has 1 fully saturated rings. The minimum atomic E-state index is -0.107. The summed E-state index contributed by atoms with van der Waals surface area (Å²) in [7, 11) is 1.66. The summed E-state index contributed by atoms with van der Waals surface area (Å²) in [6.07, 6.45) is 0.857. The van der Waals surface area contributed by atoms with E-state index in [4.69, 9.17) is 9.47 Å². The van der Waals surface area contributed by atoms with Gasteiger partial charge >= 0.3 is 5.69 Å². The Bertz CT molecular complexity index is 751. The summed E-state index contributed by atoms with van der Waals surface area (Å²) in [5.41, 5.74) is 0.721. The van der Waals surface area contributed by atoms with Gasteiger partial charge in [-0.15, -0.1) is 11.3 Å². The van der Waals surface area contributed by atoms with Gasteiger partial charge in [0.15, 0.2) is 5.82 Å². The number of hydrogen-bond donors (Lipinski definition) is 0. The van der Waals surface area contributed by atoms with Gasteiger partial charge in [0, 0.05) is 25.6 Å². The van der Waals surface area contributed by atoms with Crippen molar-refractivity contribution < 1.29 is 9.47 Å². The van der Waals surface area contributed by atoms with Gasteiger partial charge < -0.3 is 9.47 Å². The standard InChI is InChI=1S/C16H24N4O3S/c1-5-19-14(13-10(2)6-7-23-13)18-20(16(19)21)8-12-9-24-15(17-12)11(3)22-4/h9-11,13H,5-8H2,1-4H3/t10-,11+,13+/m1/s1. The second-order valence-corrected chi connectivity index (χ2v) is 7.04. The number of hydrogen-bond acceptors (Lipinski definition) is 6. The fraction of sp³-hybridized carbons (Fsp3) is 0.688. The maximum absolute atomic E-state index is 12.6. The number of nitrogens with zero attached hydrogens (tertiary/aromatic N) is 4. The van der Waals surface area contributed by atoms with E-state index in [1.807, 2.05) is 19.2 Å². The zero-order valence-corrected chi connectivity index (χ0v) is 15.4. The Morgan fingerprint density at radius 3 is 2.96 bits per heavy atom. The summed E-state index contributed by atoms with van der Waals surface area (Å²) in [5, 5.41) is 7.42. The number of aromatic nitrogens is 4. The van der Waals surface area contributed by atoms with E-state index in [-0.39, 0.29) is 17.9 Å². The third-order valence-corrected chi connectivity index (χ3v) is 5.55. The highest BCUT2D eigenvalue weighted by molar-refractivity contribution is 7.09. The predicted octanol–water partition coefficient (Wildman–Crippen LogP) is 2.37. The Morgan fingerprint density at radius 2 is 2.33 bits per heavy atom. The Hall–Kier alpha value is -1.51. The summed E-state index contributed by atoms with van der Waals surface area (Å²) in [6.45, 7) is 7.73. The van der Waals surface area contributed by atoms with E-state index >= 15 is 0 Å². The average molecular weight is 352 g/mol. The molecule has 0 saturated carbocycles. The second-order valence-electron chi connectivity index (χ2n) is 6.16. The smallest absolute Gasteiger partial charge is 0.346 e. The van der Waals surface area contributed by atoms with E-state index in [9.17, 15) is 4.79 Å². The third kappa shape index (κ3) is 3.18. The summed E-state index contributed by atoms with van der Waals surface area (Å²) >= 11 is 1.54. The van der Waals surface area contributed by atoms with Crippen molar-refractivity contribution in [3.63, 3.8) is 0 Å². The van der Waals surface area contributed by atoms with Crippen molar-refractivity contribution in [1.82, 2.24) is 19.3 Å². The van der Waals surface area contributed by atoms with Crippen molar-refractivity contribution in [2.75, 3.05) is 13.7 Å². The Kier molecular flexibility index (Phi) is 5.17. The van der Waals surface area contributed by atoms with Crippen LogP contribution in [0.25, 0.3) is 0 Å². The number of methoxy groups -OCH3 is 1. The summed E-state index contributed by atoms with van der Waals surface area (Å²) in [6, 6.07) is 0. The lowest BCUT2D eigenvalue weighted by atomic mass is 10.0. The number of thiazole rings is 1. The first-order chi connectivity index (χ1) is 11.5. The lowest BCUT2D eigenvalue weighted by Gasteiger charge is -2.13. The van der Waals surface area contributed by atoms with E-state index in [0.29, 0.717) is 19.0 Å². The molecule has 3 rings (SSSR count). The van der Waals surface area contributed by atoms with Crippen molar-refractivity contribution in [2.24, 2.45) is 5.92 Å². The molecule has 0 unspecified atom stereocenters. The molecule has 24 heavy (non-hydrogen) atoms. The lowest BCUT2D eigenvalue weighted by Crippen LogP contribution is -2.26. The zero-order chi connectivity index (χ0) is 17.3. The van der Waals surface area contributed by atoms with Crippen LogP contribution in [0.5, 0.6) is 0 Å². The predicted molar refractivity (Wildman–Crippen MR) is 91.3 cm³/mol. The molecule has 0 aromatic carbocycles. The average Bonchev–Trinajstić information content (AvgIpc) is 3.27. The molecule has 0 aliphatic carbocycles. The molecule has 0 bridgehead atoms.